The Bertz CT molecular complexity index is 350. The van der Waals surface area contributed by atoms with Crippen LogP contribution < -0.4 is 5.73 Å². The van der Waals surface area contributed by atoms with Crippen LogP contribution in [0, 0.1) is 6.07 Å². The SMILES string of the molecule is Nc1c[c]c2cc[nH]c2n1. The summed E-state index contributed by atoms with van der Waals surface area (Å²) < 4.78 is 0. The van der Waals surface area contributed by atoms with Crippen LogP contribution >= 0.6 is 0 Å². The van der Waals surface area contributed by atoms with E-state index in [0.717, 1.165) is 11.0 Å². The monoisotopic (exact) mass is 132 g/mol. The second-order valence-electron chi connectivity index (χ2n) is 2.07. The Balaban J connectivity index is 2.86. The molecule has 10 heavy (non-hydrogen) atoms. The quantitative estimate of drug-likeness (QED) is 0.560. The molecule has 0 aromatic carbocycles. The molecule has 2 aromatic heterocycles. The van der Waals surface area contributed by atoms with Crippen molar-refractivity contribution < 1.29 is 0 Å². The van der Waals surface area contributed by atoms with Crippen molar-refractivity contribution in [1.29, 1.82) is 0 Å². The van der Waals surface area contributed by atoms with Crippen LogP contribution in [-0.4, -0.2) is 9.97 Å². The molecular formula is C7H6N3. The number of nitrogen functional groups attached to an aromatic ring is 1. The summed E-state index contributed by atoms with van der Waals surface area (Å²) in [5.41, 5.74) is 6.21. The smallest absolute Gasteiger partial charge is 0.140 e. The second-order valence-corrected chi connectivity index (χ2v) is 2.07. The molecule has 3 nitrogen and oxygen atoms in total. The minimum absolute atomic E-state index is 0.495. The van der Waals surface area contributed by atoms with Gasteiger partial charge in [0.05, 0.1) is 0 Å². The van der Waals surface area contributed by atoms with E-state index in [2.05, 4.69) is 16.0 Å². The Morgan fingerprint density at radius 2 is 2.50 bits per heavy atom. The van der Waals surface area contributed by atoms with E-state index in [4.69, 9.17) is 5.73 Å². The van der Waals surface area contributed by atoms with E-state index >= 15 is 0 Å². The van der Waals surface area contributed by atoms with Crippen LogP contribution in [0.5, 0.6) is 0 Å². The maximum absolute atomic E-state index is 5.42. The molecule has 0 saturated carbocycles. The highest BCUT2D eigenvalue weighted by molar-refractivity contribution is 5.75. The van der Waals surface area contributed by atoms with Crippen LogP contribution in [0.3, 0.4) is 0 Å². The third-order valence-corrected chi connectivity index (χ3v) is 1.34. The van der Waals surface area contributed by atoms with E-state index < -0.39 is 0 Å². The zero-order valence-corrected chi connectivity index (χ0v) is 5.26. The highest BCUT2D eigenvalue weighted by atomic mass is 14.9. The van der Waals surface area contributed by atoms with Crippen LogP contribution in [-0.2, 0) is 0 Å². The third kappa shape index (κ3) is 0.639. The van der Waals surface area contributed by atoms with E-state index in [-0.39, 0.29) is 0 Å². The predicted molar refractivity (Wildman–Crippen MR) is 39.3 cm³/mol. The Morgan fingerprint density at radius 3 is 3.40 bits per heavy atom. The van der Waals surface area contributed by atoms with Crippen molar-refractivity contribution in [2.45, 2.75) is 0 Å². The topological polar surface area (TPSA) is 54.7 Å². The average Bonchev–Trinajstić information content (AvgIpc) is 2.33. The van der Waals surface area contributed by atoms with Gasteiger partial charge in [-0.3, -0.25) is 0 Å². The molecule has 0 amide bonds. The number of rotatable bonds is 0. The van der Waals surface area contributed by atoms with Crippen molar-refractivity contribution in [1.82, 2.24) is 9.97 Å². The van der Waals surface area contributed by atoms with Gasteiger partial charge in [0.15, 0.2) is 0 Å². The van der Waals surface area contributed by atoms with Crippen molar-refractivity contribution in [2.24, 2.45) is 0 Å². The van der Waals surface area contributed by atoms with Gasteiger partial charge >= 0.3 is 0 Å². The number of aromatic nitrogens is 2. The molecule has 2 heterocycles. The molecule has 0 aliphatic rings. The summed E-state index contributed by atoms with van der Waals surface area (Å²) in [5, 5.41) is 0.967. The average molecular weight is 132 g/mol. The Hall–Kier alpha value is -1.51. The van der Waals surface area contributed by atoms with Gasteiger partial charge in [-0.25, -0.2) is 4.98 Å². The first-order chi connectivity index (χ1) is 4.86. The largest absolute Gasteiger partial charge is 0.384 e. The molecule has 2 aromatic rings. The van der Waals surface area contributed by atoms with Crippen molar-refractivity contribution in [3.05, 3.63) is 24.4 Å². The molecule has 0 fully saturated rings. The molecule has 1 radical (unpaired) electrons. The van der Waals surface area contributed by atoms with Crippen LogP contribution in [0.2, 0.25) is 0 Å². The third-order valence-electron chi connectivity index (χ3n) is 1.34. The lowest BCUT2D eigenvalue weighted by atomic mass is 10.3. The summed E-state index contributed by atoms with van der Waals surface area (Å²) in [5.74, 6) is 0.495. The Morgan fingerprint density at radius 1 is 1.60 bits per heavy atom. The minimum Gasteiger partial charge on any atom is -0.384 e. The van der Waals surface area contributed by atoms with E-state index in [9.17, 15) is 0 Å². The van der Waals surface area contributed by atoms with Gasteiger partial charge in [0.25, 0.3) is 0 Å². The number of pyridine rings is 1. The minimum atomic E-state index is 0.495. The number of fused-ring (bicyclic) bond motifs is 1. The van der Waals surface area contributed by atoms with E-state index in [1.807, 2.05) is 12.3 Å². The molecule has 0 aliphatic carbocycles. The Kier molecular flexibility index (Phi) is 0.917. The summed E-state index contributed by atoms with van der Waals surface area (Å²) in [6.45, 7) is 0. The zero-order valence-electron chi connectivity index (χ0n) is 5.26. The van der Waals surface area contributed by atoms with E-state index in [1.165, 1.54) is 0 Å². The van der Waals surface area contributed by atoms with Crippen LogP contribution in [0.25, 0.3) is 11.0 Å². The molecule has 0 atom stereocenters. The maximum Gasteiger partial charge on any atom is 0.140 e. The van der Waals surface area contributed by atoms with Gasteiger partial charge in [0.2, 0.25) is 0 Å². The first-order valence-electron chi connectivity index (χ1n) is 2.97. The van der Waals surface area contributed by atoms with Crippen LogP contribution in [0.4, 0.5) is 5.82 Å². The van der Waals surface area contributed by atoms with Crippen molar-refractivity contribution in [3.8, 4) is 0 Å². The molecule has 3 heteroatoms. The molecule has 3 N–H and O–H groups in total. The molecular weight excluding hydrogens is 126 g/mol. The van der Waals surface area contributed by atoms with Gasteiger partial charge in [-0.1, -0.05) is 0 Å². The first kappa shape index (κ1) is 5.29. The molecule has 0 unspecified atom stereocenters. The van der Waals surface area contributed by atoms with Crippen LogP contribution in [0.15, 0.2) is 18.3 Å². The number of nitrogens with two attached hydrogens (primary N) is 1. The molecule has 0 saturated heterocycles. The molecule has 49 valence electrons. The number of hydrogen-bond donors (Lipinski definition) is 2. The summed E-state index contributed by atoms with van der Waals surface area (Å²) in [4.78, 5) is 6.96. The number of H-pyrrole nitrogens is 1. The van der Waals surface area contributed by atoms with Gasteiger partial charge in [-0.05, 0) is 18.2 Å². The van der Waals surface area contributed by atoms with Crippen molar-refractivity contribution >= 4 is 16.9 Å². The highest BCUT2D eigenvalue weighted by Gasteiger charge is 1.93. The van der Waals surface area contributed by atoms with Gasteiger partial charge in [0, 0.05) is 11.6 Å². The van der Waals surface area contributed by atoms with Crippen LogP contribution in [0.1, 0.15) is 0 Å². The summed E-state index contributed by atoms with van der Waals surface area (Å²) in [6, 6.07) is 6.55. The second kappa shape index (κ2) is 1.73. The number of nitrogens with one attached hydrogen (secondary N) is 1. The summed E-state index contributed by atoms with van der Waals surface area (Å²) >= 11 is 0. The number of nitrogens with zero attached hydrogens (tertiary/aromatic N) is 1. The molecule has 0 aliphatic heterocycles. The standard InChI is InChI=1S/C7H6N3/c8-6-2-1-5-3-4-9-7(5)10-6/h2-4H,(H3,8,9,10). The van der Waals surface area contributed by atoms with Gasteiger partial charge in [-0.2, -0.15) is 0 Å². The molecule has 0 spiro atoms. The van der Waals surface area contributed by atoms with E-state index in [1.54, 1.807) is 6.07 Å². The fourth-order valence-corrected chi connectivity index (χ4v) is 0.883. The molecule has 0 bridgehead atoms. The van der Waals surface area contributed by atoms with Crippen molar-refractivity contribution in [3.63, 3.8) is 0 Å². The number of aromatic amines is 1. The fourth-order valence-electron chi connectivity index (χ4n) is 0.883. The highest BCUT2D eigenvalue weighted by Crippen LogP contribution is 2.09. The lowest BCUT2D eigenvalue weighted by molar-refractivity contribution is 1.33. The number of hydrogen-bond acceptors (Lipinski definition) is 2. The lowest BCUT2D eigenvalue weighted by Crippen LogP contribution is -1.88. The van der Waals surface area contributed by atoms with Crippen molar-refractivity contribution in [2.75, 3.05) is 5.73 Å². The maximum atomic E-state index is 5.42. The zero-order chi connectivity index (χ0) is 6.97. The molecule has 2 rings (SSSR count). The van der Waals surface area contributed by atoms with Gasteiger partial charge < -0.3 is 10.7 Å². The fraction of sp³-hybridized carbons (Fsp3) is 0. The number of anilines is 1. The normalized spacial score (nSPS) is 10.4. The first-order valence-corrected chi connectivity index (χ1v) is 2.97. The summed E-state index contributed by atoms with van der Waals surface area (Å²) in [6.07, 6.45) is 1.81. The van der Waals surface area contributed by atoms with E-state index in [0.29, 0.717) is 5.82 Å². The van der Waals surface area contributed by atoms with Gasteiger partial charge in [-0.15, -0.1) is 0 Å². The Labute approximate surface area is 57.9 Å². The van der Waals surface area contributed by atoms with Gasteiger partial charge in [0.1, 0.15) is 11.5 Å². The predicted octanol–water partition coefficient (Wildman–Crippen LogP) is 0.945. The summed E-state index contributed by atoms with van der Waals surface area (Å²) in [7, 11) is 0. The lowest BCUT2D eigenvalue weighted by Gasteiger charge is -1.89.